The number of fused-ring (bicyclic) bond motifs is 5. The lowest BCUT2D eigenvalue weighted by Gasteiger charge is -2.28. The zero-order chi connectivity index (χ0) is 46.2. The fraction of sp³-hybridized carbons (Fsp3) is 0.220. The van der Waals surface area contributed by atoms with Gasteiger partial charge in [0, 0.05) is 47.4 Å². The maximum absolute atomic E-state index is 5.38. The van der Waals surface area contributed by atoms with Gasteiger partial charge in [-0.2, -0.15) is 0 Å². The van der Waals surface area contributed by atoms with E-state index < -0.39 is 0 Å². The number of nitrogens with two attached hydrogens (primary N) is 1. The molecule has 6 heteroatoms. The molecule has 0 fully saturated rings. The van der Waals surface area contributed by atoms with Crippen molar-refractivity contribution < 1.29 is 0 Å². The molecule has 6 nitrogen and oxygen atoms in total. The Morgan fingerprint density at radius 1 is 0.677 bits per heavy atom. The summed E-state index contributed by atoms with van der Waals surface area (Å²) < 4.78 is 0. The summed E-state index contributed by atoms with van der Waals surface area (Å²) in [5.41, 5.74) is 22.7. The van der Waals surface area contributed by atoms with E-state index in [-0.39, 0.29) is 6.04 Å². The highest BCUT2D eigenvalue weighted by Crippen LogP contribution is 2.45. The van der Waals surface area contributed by atoms with Crippen molar-refractivity contribution >= 4 is 60.8 Å². The summed E-state index contributed by atoms with van der Waals surface area (Å²) in [6.07, 6.45) is 13.5. The number of nitrogens with one attached hydrogen (secondary N) is 3. The van der Waals surface area contributed by atoms with Crippen molar-refractivity contribution in [2.24, 2.45) is 5.73 Å². The van der Waals surface area contributed by atoms with Crippen LogP contribution in [0.2, 0.25) is 0 Å². The van der Waals surface area contributed by atoms with Gasteiger partial charge in [0.15, 0.2) is 0 Å². The number of hydrogen-bond donors (Lipinski definition) is 4. The molecule has 1 aliphatic carbocycles. The first-order valence-electron chi connectivity index (χ1n) is 23.3. The largest absolute Gasteiger partial charge is 0.391 e. The van der Waals surface area contributed by atoms with Gasteiger partial charge >= 0.3 is 0 Å². The van der Waals surface area contributed by atoms with Crippen molar-refractivity contribution in [1.82, 2.24) is 15.3 Å². The maximum Gasteiger partial charge on any atom is 0.0943 e. The molecule has 6 aromatic carbocycles. The van der Waals surface area contributed by atoms with Crippen LogP contribution in [0.4, 0.5) is 11.4 Å². The fourth-order valence-corrected chi connectivity index (χ4v) is 9.44. The van der Waals surface area contributed by atoms with Gasteiger partial charge < -0.3 is 21.7 Å². The molecule has 0 spiro atoms. The van der Waals surface area contributed by atoms with Crippen LogP contribution < -0.4 is 21.7 Å². The van der Waals surface area contributed by atoms with Gasteiger partial charge in [0.05, 0.1) is 34.2 Å². The second-order valence-electron chi connectivity index (χ2n) is 15.8. The molecule has 0 amide bonds. The minimum Gasteiger partial charge on any atom is -0.391 e. The zero-order valence-electron chi connectivity index (χ0n) is 39.8. The molecular weight excluding hydrogens is 793 g/mol. The molecule has 0 radical (unpaired) electrons. The highest BCUT2D eigenvalue weighted by molar-refractivity contribution is 6.22. The lowest BCUT2D eigenvalue weighted by Crippen LogP contribution is -2.25. The average Bonchev–Trinajstić information content (AvgIpc) is 3.37. The van der Waals surface area contributed by atoms with E-state index >= 15 is 0 Å². The predicted molar refractivity (Wildman–Crippen MR) is 285 cm³/mol. The van der Waals surface area contributed by atoms with Crippen LogP contribution in [-0.4, -0.2) is 37.2 Å². The Balaban J connectivity index is 0.00000101. The van der Waals surface area contributed by atoms with Crippen LogP contribution in [0.5, 0.6) is 0 Å². The van der Waals surface area contributed by atoms with Crippen molar-refractivity contribution in [2.45, 2.75) is 67.3 Å². The van der Waals surface area contributed by atoms with Crippen molar-refractivity contribution in [1.29, 1.82) is 0 Å². The number of pyridine rings is 2. The summed E-state index contributed by atoms with van der Waals surface area (Å²) >= 11 is 0. The fourth-order valence-electron chi connectivity index (χ4n) is 9.44. The molecule has 1 aliphatic heterocycles. The minimum atomic E-state index is 0.112. The van der Waals surface area contributed by atoms with Crippen LogP contribution in [0.1, 0.15) is 64.2 Å². The molecule has 0 saturated heterocycles. The van der Waals surface area contributed by atoms with Gasteiger partial charge in [-0.1, -0.05) is 137 Å². The minimum absolute atomic E-state index is 0.112. The number of aryl methyl sites for hydroxylation is 2. The monoisotopic (exact) mass is 857 g/mol. The predicted octanol–water partition coefficient (Wildman–Crippen LogP) is 15.0. The van der Waals surface area contributed by atoms with Crippen LogP contribution in [0, 0.1) is 13.8 Å². The molecule has 0 saturated carbocycles. The van der Waals surface area contributed by atoms with E-state index in [1.165, 1.54) is 67.9 Å². The Hall–Kier alpha value is -7.02. The van der Waals surface area contributed by atoms with Crippen molar-refractivity contribution in [3.63, 3.8) is 0 Å². The Morgan fingerprint density at radius 2 is 1.35 bits per heavy atom. The van der Waals surface area contributed by atoms with E-state index in [4.69, 9.17) is 9.97 Å². The Morgan fingerprint density at radius 3 is 2.09 bits per heavy atom. The van der Waals surface area contributed by atoms with Crippen LogP contribution >= 0.6 is 0 Å². The van der Waals surface area contributed by atoms with Crippen molar-refractivity contribution in [3.05, 3.63) is 173 Å². The average molecular weight is 857 g/mol. The summed E-state index contributed by atoms with van der Waals surface area (Å²) in [5, 5.41) is 17.6. The molecule has 330 valence electrons. The van der Waals surface area contributed by atoms with Crippen LogP contribution in [-0.2, 0) is 0 Å². The van der Waals surface area contributed by atoms with Crippen molar-refractivity contribution in [2.75, 3.05) is 31.8 Å². The highest BCUT2D eigenvalue weighted by Gasteiger charge is 2.23. The van der Waals surface area contributed by atoms with Crippen LogP contribution in [0.3, 0.4) is 0 Å². The summed E-state index contributed by atoms with van der Waals surface area (Å²) in [4.78, 5) is 10.7. The smallest absolute Gasteiger partial charge is 0.0943 e. The highest BCUT2D eigenvalue weighted by atomic mass is 14.9. The molecule has 2 aromatic heterocycles. The second kappa shape index (κ2) is 20.7. The number of allylic oxidation sites excluding steroid dienone is 4. The number of hydrogen-bond acceptors (Lipinski definition) is 6. The third kappa shape index (κ3) is 8.67. The first kappa shape index (κ1) is 46.0. The number of nitrogens with zero attached hydrogens (tertiary/aromatic N) is 2. The van der Waals surface area contributed by atoms with Gasteiger partial charge in [-0.25, -0.2) is 9.97 Å². The van der Waals surface area contributed by atoms with E-state index in [0.29, 0.717) is 0 Å². The molecule has 65 heavy (non-hydrogen) atoms. The normalized spacial score (nSPS) is 14.1. The lowest BCUT2D eigenvalue weighted by molar-refractivity contribution is 0.818. The number of rotatable bonds is 7. The van der Waals surface area contributed by atoms with E-state index in [2.05, 4.69) is 188 Å². The topological polar surface area (TPSA) is 87.9 Å². The number of benzene rings is 6. The molecule has 8 aromatic rings. The van der Waals surface area contributed by atoms with Gasteiger partial charge in [0.25, 0.3) is 0 Å². The third-order valence-corrected chi connectivity index (χ3v) is 12.4. The van der Waals surface area contributed by atoms with Gasteiger partial charge in [-0.05, 0) is 138 Å². The Labute approximate surface area is 386 Å². The van der Waals surface area contributed by atoms with E-state index in [1.54, 1.807) is 0 Å². The molecule has 1 atom stereocenters. The van der Waals surface area contributed by atoms with Crippen LogP contribution in [0.15, 0.2) is 156 Å². The molecule has 3 heterocycles. The van der Waals surface area contributed by atoms with E-state index in [1.807, 2.05) is 41.8 Å². The van der Waals surface area contributed by atoms with Gasteiger partial charge in [0.2, 0.25) is 0 Å². The standard InChI is InChI=1S/C54H47N5.2C2H6.CH5N/c1-6-39(40-13-9-10-17-46(40)55-4)47-27-23-37-30-35(21-25-44(37)57-47)36-22-26-45-38(31-36)24-29-48(58-45)51-41-14-7-8-15-42(41)52(50-32(2)12-11-16-43(50)51)49-28-20-34-19-18-33(3)53(56-5)54(34)59-49;3*1-2/h6-9,11-16,18-31,47,55-57H,10,17H2,1-5H3;2*1-2H3;2H2,1H3/b39-6+;;;. The molecule has 5 N–H and O–H groups in total. The zero-order valence-corrected chi connectivity index (χ0v) is 39.8. The van der Waals surface area contributed by atoms with Crippen molar-refractivity contribution in [3.8, 4) is 33.6 Å². The molecular formula is C59H64N6. The summed E-state index contributed by atoms with van der Waals surface area (Å²) in [6, 6.07) is 42.0. The molecule has 0 bridgehead atoms. The first-order chi connectivity index (χ1) is 31.9. The SMILES string of the molecule is C/C=C(\C1=C(NC)CCC=C1)C1C=Cc2cc(-c3ccc4nc(-c5c6ccccc6c(-c6ccc7ccc(C)c(NC)c7n6)c6c(C)cccc56)ccc4c3)ccc2N1.CC.CC.CN. The van der Waals surface area contributed by atoms with E-state index in [0.717, 1.165) is 73.9 Å². The number of anilines is 2. The quantitative estimate of drug-likeness (QED) is 0.119. The second-order valence-corrected chi connectivity index (χ2v) is 15.8. The number of aromatic nitrogens is 2. The molecule has 1 unspecified atom stereocenters. The van der Waals surface area contributed by atoms with Gasteiger partial charge in [-0.15, -0.1) is 0 Å². The summed E-state index contributed by atoms with van der Waals surface area (Å²) in [5.74, 6) is 0. The van der Waals surface area contributed by atoms with Crippen LogP contribution in [0.25, 0.3) is 83.1 Å². The lowest BCUT2D eigenvalue weighted by atomic mass is 9.86. The van der Waals surface area contributed by atoms with E-state index in [9.17, 15) is 0 Å². The Kier molecular flexibility index (Phi) is 14.6. The van der Waals surface area contributed by atoms with Gasteiger partial charge in [-0.3, -0.25) is 0 Å². The first-order valence-corrected chi connectivity index (χ1v) is 23.3. The maximum atomic E-state index is 5.38. The third-order valence-electron chi connectivity index (χ3n) is 12.4. The Bertz CT molecular complexity index is 3150. The summed E-state index contributed by atoms with van der Waals surface area (Å²) in [7, 11) is 5.50. The molecule has 10 rings (SSSR count). The van der Waals surface area contributed by atoms with Gasteiger partial charge in [0.1, 0.15) is 0 Å². The summed E-state index contributed by atoms with van der Waals surface area (Å²) in [6.45, 7) is 14.5. The molecule has 2 aliphatic rings.